The van der Waals surface area contributed by atoms with Crippen molar-refractivity contribution in [1.82, 2.24) is 9.88 Å². The molecule has 2 atom stereocenters. The van der Waals surface area contributed by atoms with Gasteiger partial charge in [0.05, 0.1) is 18.7 Å². The summed E-state index contributed by atoms with van der Waals surface area (Å²) >= 11 is 0. The lowest BCUT2D eigenvalue weighted by atomic mass is 10.0. The molecule has 0 aliphatic carbocycles. The number of aliphatic hydroxyl groups excluding tert-OH is 2. The number of hydrogen-bond donors (Lipinski definition) is 3. The minimum absolute atomic E-state index is 0.00289. The zero-order valence-corrected chi connectivity index (χ0v) is 15.8. The third-order valence-corrected chi connectivity index (χ3v) is 4.79. The van der Waals surface area contributed by atoms with Crippen molar-refractivity contribution in [3.05, 3.63) is 42.1 Å². The third kappa shape index (κ3) is 4.48. The molecule has 1 aromatic heterocycles. The molecule has 0 spiro atoms. The molecule has 1 aliphatic rings. The molecule has 4 N–H and O–H groups in total. The van der Waals surface area contributed by atoms with Gasteiger partial charge in [-0.25, -0.2) is 13.8 Å². The lowest BCUT2D eigenvalue weighted by Gasteiger charge is -2.38. The predicted molar refractivity (Wildman–Crippen MR) is 102 cm³/mol. The number of nitrogens with two attached hydrogens (primary N) is 1. The number of halogens is 2. The number of nitrogen functional groups attached to an aromatic ring is 1. The Balaban J connectivity index is 1.78. The van der Waals surface area contributed by atoms with E-state index in [1.807, 2.05) is 6.07 Å². The lowest BCUT2D eigenvalue weighted by Crippen LogP contribution is -2.57. The van der Waals surface area contributed by atoms with Gasteiger partial charge in [-0.2, -0.15) is 5.26 Å². The Morgan fingerprint density at radius 3 is 2.77 bits per heavy atom. The Bertz CT molecular complexity index is 980. The number of nitriles is 1. The highest BCUT2D eigenvalue weighted by molar-refractivity contribution is 5.81. The number of carbonyl (C=O) groups excluding carboxylic acids is 1. The zero-order valence-electron chi connectivity index (χ0n) is 15.8. The highest BCUT2D eigenvalue weighted by Crippen LogP contribution is 2.34. The van der Waals surface area contributed by atoms with Crippen molar-refractivity contribution >= 4 is 11.7 Å². The summed E-state index contributed by atoms with van der Waals surface area (Å²) in [4.78, 5) is 16.6. The number of rotatable bonds is 5. The van der Waals surface area contributed by atoms with Crippen LogP contribution in [0.25, 0.3) is 11.1 Å². The Kier molecular flexibility index (Phi) is 6.14. The van der Waals surface area contributed by atoms with Gasteiger partial charge in [-0.1, -0.05) is 6.07 Å². The number of benzene rings is 1. The number of nitrogens with zero attached hydrogens (tertiary/aromatic N) is 3. The molecule has 8 nitrogen and oxygen atoms in total. The highest BCUT2D eigenvalue weighted by atomic mass is 19.3. The van der Waals surface area contributed by atoms with Gasteiger partial charge in [0.2, 0.25) is 0 Å². The lowest BCUT2D eigenvalue weighted by molar-refractivity contribution is -0.167. The van der Waals surface area contributed by atoms with Gasteiger partial charge in [0.25, 0.3) is 5.91 Å². The Labute approximate surface area is 171 Å². The fraction of sp³-hybridized carbons (Fsp3) is 0.350. The van der Waals surface area contributed by atoms with Crippen LogP contribution in [0.2, 0.25) is 0 Å². The molecular formula is C20H20F2N4O4. The average Bonchev–Trinajstić information content (AvgIpc) is 2.73. The molecule has 1 saturated heterocycles. The van der Waals surface area contributed by atoms with Crippen LogP contribution >= 0.6 is 0 Å². The van der Waals surface area contributed by atoms with Crippen molar-refractivity contribution in [2.75, 3.05) is 25.4 Å². The number of aliphatic hydroxyl groups is 2. The SMILES string of the molecule is N#Cc1cc(-c2ccnc(N)c2)ccc1O[C@H]1CCN(C(=O)[C@@H](O)CO)CC1(F)F. The van der Waals surface area contributed by atoms with Crippen molar-refractivity contribution in [1.29, 1.82) is 5.26 Å². The minimum atomic E-state index is -3.41. The average molecular weight is 418 g/mol. The fourth-order valence-electron chi connectivity index (χ4n) is 3.22. The first-order valence-corrected chi connectivity index (χ1v) is 9.13. The standard InChI is InChI=1S/C20H20F2N4O4/c21-20(22)11-26(19(29)15(28)10-27)6-4-17(20)30-16-2-1-12(7-14(16)9-23)13-3-5-25-18(24)8-13/h1-3,5,7-8,15,17,27-28H,4,6,10-11H2,(H2,24,25)/t15-,17-/m0/s1. The quantitative estimate of drug-likeness (QED) is 0.664. The van der Waals surface area contributed by atoms with Crippen LogP contribution in [0.4, 0.5) is 14.6 Å². The molecule has 0 bridgehead atoms. The molecule has 1 aromatic carbocycles. The molecule has 10 heteroatoms. The molecule has 1 fully saturated rings. The van der Waals surface area contributed by atoms with Gasteiger partial charge in [-0.3, -0.25) is 4.79 Å². The normalized spacial score (nSPS) is 19.0. The van der Waals surface area contributed by atoms with E-state index in [0.29, 0.717) is 16.9 Å². The number of amides is 1. The number of ether oxygens (including phenoxy) is 1. The van der Waals surface area contributed by atoms with Crippen LogP contribution in [0.15, 0.2) is 36.5 Å². The molecule has 1 amide bonds. The summed E-state index contributed by atoms with van der Waals surface area (Å²) in [5.41, 5.74) is 7.11. The molecule has 1 aliphatic heterocycles. The van der Waals surface area contributed by atoms with Crippen molar-refractivity contribution in [2.45, 2.75) is 24.6 Å². The fourth-order valence-corrected chi connectivity index (χ4v) is 3.22. The molecule has 3 rings (SSSR count). The van der Waals surface area contributed by atoms with Gasteiger partial charge in [0.15, 0.2) is 12.2 Å². The van der Waals surface area contributed by atoms with Crippen LogP contribution < -0.4 is 10.5 Å². The second-order valence-electron chi connectivity index (χ2n) is 6.91. The maximum atomic E-state index is 14.6. The van der Waals surface area contributed by atoms with Gasteiger partial charge >= 0.3 is 5.92 Å². The number of carbonyl (C=O) groups is 1. The molecule has 0 radical (unpaired) electrons. The molecule has 2 aromatic rings. The topological polar surface area (TPSA) is 133 Å². The maximum absolute atomic E-state index is 14.6. The molecular weight excluding hydrogens is 398 g/mol. The largest absolute Gasteiger partial charge is 0.483 e. The number of hydrogen-bond acceptors (Lipinski definition) is 7. The first-order valence-electron chi connectivity index (χ1n) is 9.13. The summed E-state index contributed by atoms with van der Waals surface area (Å²) in [6.45, 7) is -1.88. The maximum Gasteiger partial charge on any atom is 0.301 e. The van der Waals surface area contributed by atoms with Gasteiger partial charge in [0, 0.05) is 19.2 Å². The molecule has 0 saturated carbocycles. The summed E-state index contributed by atoms with van der Waals surface area (Å²) < 4.78 is 34.6. The third-order valence-electron chi connectivity index (χ3n) is 4.79. The number of pyridine rings is 1. The van der Waals surface area contributed by atoms with Gasteiger partial charge in [-0.05, 0) is 35.4 Å². The Morgan fingerprint density at radius 2 is 2.13 bits per heavy atom. The summed E-state index contributed by atoms with van der Waals surface area (Å²) in [5.74, 6) is -4.07. The van der Waals surface area contributed by atoms with Crippen LogP contribution in [0.1, 0.15) is 12.0 Å². The van der Waals surface area contributed by atoms with Gasteiger partial charge in [0.1, 0.15) is 17.6 Å². The zero-order chi connectivity index (χ0) is 21.9. The van der Waals surface area contributed by atoms with Gasteiger partial charge in [-0.15, -0.1) is 0 Å². The molecule has 2 heterocycles. The summed E-state index contributed by atoms with van der Waals surface area (Å²) in [5, 5.41) is 27.7. The highest BCUT2D eigenvalue weighted by Gasteiger charge is 2.48. The smallest absolute Gasteiger partial charge is 0.301 e. The monoisotopic (exact) mass is 418 g/mol. The summed E-state index contributed by atoms with van der Waals surface area (Å²) in [7, 11) is 0. The van der Waals surface area contributed by atoms with Crippen LogP contribution in [0, 0.1) is 11.3 Å². The van der Waals surface area contributed by atoms with E-state index < -0.39 is 37.2 Å². The number of piperidine rings is 1. The van der Waals surface area contributed by atoms with Crippen LogP contribution in [-0.2, 0) is 4.79 Å². The van der Waals surface area contributed by atoms with Crippen molar-refractivity contribution in [2.24, 2.45) is 0 Å². The molecule has 30 heavy (non-hydrogen) atoms. The number of anilines is 1. The first-order chi connectivity index (χ1) is 14.2. The van der Waals surface area contributed by atoms with Crippen molar-refractivity contribution in [3.63, 3.8) is 0 Å². The van der Waals surface area contributed by atoms with E-state index in [2.05, 4.69) is 4.98 Å². The summed E-state index contributed by atoms with van der Waals surface area (Å²) in [6.07, 6.45) is -1.98. The van der Waals surface area contributed by atoms with Crippen LogP contribution in [0.3, 0.4) is 0 Å². The van der Waals surface area contributed by atoms with E-state index in [1.165, 1.54) is 18.3 Å². The first kappa shape index (κ1) is 21.4. The van der Waals surface area contributed by atoms with E-state index >= 15 is 0 Å². The number of likely N-dealkylation sites (tertiary alicyclic amines) is 1. The van der Waals surface area contributed by atoms with Crippen LogP contribution in [0.5, 0.6) is 5.75 Å². The number of alkyl halides is 2. The summed E-state index contributed by atoms with van der Waals surface area (Å²) in [6, 6.07) is 9.85. The van der Waals surface area contributed by atoms with E-state index in [9.17, 15) is 23.9 Å². The van der Waals surface area contributed by atoms with E-state index in [4.69, 9.17) is 15.6 Å². The predicted octanol–water partition coefficient (Wildman–Crippen LogP) is 1.17. The van der Waals surface area contributed by atoms with Crippen molar-refractivity contribution < 1.29 is 28.5 Å². The van der Waals surface area contributed by atoms with Gasteiger partial charge < -0.3 is 25.6 Å². The minimum Gasteiger partial charge on any atom is -0.483 e. The Hall–Kier alpha value is -3.29. The van der Waals surface area contributed by atoms with Crippen LogP contribution in [-0.4, -0.2) is 63.8 Å². The second kappa shape index (κ2) is 8.61. The Morgan fingerprint density at radius 1 is 1.40 bits per heavy atom. The van der Waals surface area contributed by atoms with Crippen molar-refractivity contribution in [3.8, 4) is 22.9 Å². The second-order valence-corrected chi connectivity index (χ2v) is 6.91. The molecule has 158 valence electrons. The van der Waals surface area contributed by atoms with E-state index in [1.54, 1.807) is 18.2 Å². The molecule has 0 unspecified atom stereocenters. The van der Waals surface area contributed by atoms with E-state index in [-0.39, 0.29) is 24.3 Å². The van der Waals surface area contributed by atoms with E-state index in [0.717, 1.165) is 4.90 Å². The number of aromatic nitrogens is 1.